The number of ether oxygens (including phenoxy) is 2. The molecule has 12 heteroatoms. The number of carbonyl (C=O) groups is 1. The van der Waals surface area contributed by atoms with Gasteiger partial charge >= 0.3 is 7.82 Å². The number of amides is 1. The lowest BCUT2D eigenvalue weighted by molar-refractivity contribution is 0.0496. The molecular formula is C26H36NO9PS. The third-order valence-corrected chi connectivity index (χ3v) is 8.88. The Morgan fingerprint density at radius 2 is 1.55 bits per heavy atom. The number of sulfonamides is 1. The van der Waals surface area contributed by atoms with Gasteiger partial charge in [0.1, 0.15) is 24.0 Å². The molecule has 38 heavy (non-hydrogen) atoms. The maximum Gasteiger partial charge on any atom is 0.477 e. The minimum Gasteiger partial charge on any atom is -0.491 e. The van der Waals surface area contributed by atoms with E-state index in [9.17, 15) is 17.8 Å². The van der Waals surface area contributed by atoms with Gasteiger partial charge in [-0.3, -0.25) is 18.4 Å². The molecule has 0 spiro atoms. The fourth-order valence-corrected chi connectivity index (χ4v) is 6.78. The summed E-state index contributed by atoms with van der Waals surface area (Å²) < 4.78 is 67.7. The largest absolute Gasteiger partial charge is 0.491 e. The van der Waals surface area contributed by atoms with Crippen molar-refractivity contribution >= 4 is 23.8 Å². The van der Waals surface area contributed by atoms with Crippen molar-refractivity contribution in [2.45, 2.75) is 71.2 Å². The molecule has 0 radical (unpaired) electrons. The van der Waals surface area contributed by atoms with E-state index >= 15 is 0 Å². The summed E-state index contributed by atoms with van der Waals surface area (Å²) in [6.07, 6.45) is -1.04. The van der Waals surface area contributed by atoms with Crippen LogP contribution in [-0.2, 0) is 39.5 Å². The van der Waals surface area contributed by atoms with Crippen molar-refractivity contribution in [2.75, 3.05) is 19.9 Å². The van der Waals surface area contributed by atoms with Crippen molar-refractivity contribution in [3.8, 4) is 5.75 Å². The molecule has 2 aromatic rings. The van der Waals surface area contributed by atoms with Crippen molar-refractivity contribution in [3.63, 3.8) is 0 Å². The van der Waals surface area contributed by atoms with Crippen LogP contribution >= 0.6 is 7.82 Å². The summed E-state index contributed by atoms with van der Waals surface area (Å²) in [5, 5.41) is 0. The Balaban J connectivity index is 1.77. The highest BCUT2D eigenvalue weighted by atomic mass is 32.2. The normalized spacial score (nSPS) is 15.1. The van der Waals surface area contributed by atoms with E-state index in [2.05, 4.69) is 0 Å². The minimum atomic E-state index is -4.31. The second-order valence-corrected chi connectivity index (χ2v) is 13.0. The number of phosphoric acid groups is 1. The molecule has 1 aliphatic heterocycles. The summed E-state index contributed by atoms with van der Waals surface area (Å²) in [4.78, 5) is 13.1. The van der Waals surface area contributed by atoms with Gasteiger partial charge in [-0.1, -0.05) is 44.2 Å². The van der Waals surface area contributed by atoms with Gasteiger partial charge < -0.3 is 9.47 Å². The molecule has 1 heterocycles. The Kier molecular flexibility index (Phi) is 10.1. The number of nitrogens with zero attached hydrogens (tertiary/aromatic N) is 1. The second-order valence-electron chi connectivity index (χ2n) is 9.60. The number of phosphoric ester groups is 1. The van der Waals surface area contributed by atoms with Crippen LogP contribution in [0.3, 0.4) is 0 Å². The van der Waals surface area contributed by atoms with Crippen LogP contribution in [0.5, 0.6) is 5.75 Å². The van der Waals surface area contributed by atoms with Gasteiger partial charge in [0.25, 0.3) is 15.9 Å². The lowest BCUT2D eigenvalue weighted by Gasteiger charge is -2.24. The first kappa shape index (κ1) is 30.3. The molecule has 0 atom stereocenters. The van der Waals surface area contributed by atoms with Crippen LogP contribution in [0.25, 0.3) is 0 Å². The van der Waals surface area contributed by atoms with Crippen molar-refractivity contribution in [2.24, 2.45) is 0 Å². The molecule has 10 nitrogen and oxygen atoms in total. The Morgan fingerprint density at radius 3 is 2.13 bits per heavy atom. The number of hydrogen-bond donors (Lipinski definition) is 0. The zero-order valence-electron chi connectivity index (χ0n) is 22.6. The molecule has 0 bridgehead atoms. The lowest BCUT2D eigenvalue weighted by Crippen LogP contribution is -2.32. The molecule has 0 saturated heterocycles. The zero-order valence-corrected chi connectivity index (χ0v) is 24.3. The highest BCUT2D eigenvalue weighted by Gasteiger charge is 2.45. The smallest absolute Gasteiger partial charge is 0.477 e. The number of rotatable bonds is 14. The summed E-state index contributed by atoms with van der Waals surface area (Å²) in [5.41, 5.74) is 1.58. The molecule has 0 saturated carbocycles. The van der Waals surface area contributed by atoms with Crippen molar-refractivity contribution in [1.29, 1.82) is 0 Å². The molecule has 0 aliphatic carbocycles. The fourth-order valence-electron chi connectivity index (χ4n) is 3.77. The van der Waals surface area contributed by atoms with Crippen molar-refractivity contribution in [3.05, 3.63) is 59.2 Å². The molecule has 1 aliphatic rings. The Hall–Kier alpha value is -2.27. The molecule has 0 aromatic heterocycles. The Labute approximate surface area is 224 Å². The van der Waals surface area contributed by atoms with E-state index in [1.165, 1.54) is 6.07 Å². The van der Waals surface area contributed by atoms with Gasteiger partial charge in [-0.2, -0.15) is 0 Å². The first-order chi connectivity index (χ1) is 17.8. The quantitative estimate of drug-likeness (QED) is 0.215. The molecule has 0 unspecified atom stereocenters. The summed E-state index contributed by atoms with van der Waals surface area (Å²) in [7, 11) is -8.45. The fraction of sp³-hybridized carbons (Fsp3) is 0.500. The summed E-state index contributed by atoms with van der Waals surface area (Å²) >= 11 is 0. The van der Waals surface area contributed by atoms with Crippen LogP contribution in [0, 0.1) is 0 Å². The maximum absolute atomic E-state index is 13.4. The SMILES string of the molecule is CC(C)OP(=O)(OCN1C(=O)c2c(C(C)C)cc(OCCOCc3ccccc3)cc2S1(=O)=O)OC(C)C. The highest BCUT2D eigenvalue weighted by molar-refractivity contribution is 7.90. The van der Waals surface area contributed by atoms with Gasteiger partial charge in [-0.05, 0) is 50.8 Å². The topological polar surface area (TPSA) is 118 Å². The Bertz CT molecular complexity index is 1250. The van der Waals surface area contributed by atoms with Crippen LogP contribution in [0.15, 0.2) is 47.4 Å². The summed E-state index contributed by atoms with van der Waals surface area (Å²) in [6.45, 7) is 10.3. The second kappa shape index (κ2) is 12.7. The van der Waals surface area contributed by atoms with Crippen molar-refractivity contribution in [1.82, 2.24) is 4.31 Å². The van der Waals surface area contributed by atoms with Gasteiger partial charge in [0, 0.05) is 6.07 Å². The summed E-state index contributed by atoms with van der Waals surface area (Å²) in [5.74, 6) is -0.657. The molecule has 0 N–H and O–H groups in total. The standard InChI is InChI=1S/C26H36NO9PS/c1-18(2)23-14-22(33-13-12-32-16-21-10-8-7-9-11-21)15-24-25(23)26(28)27(38(24,30)31)17-34-37(29,35-19(3)4)36-20(5)6/h7-11,14-15,18-20H,12-13,16-17H2,1-6H3. The van der Waals surface area contributed by atoms with Gasteiger partial charge in [-0.15, -0.1) is 0 Å². The molecule has 1 amide bonds. The van der Waals surface area contributed by atoms with Gasteiger partial charge in [0.2, 0.25) is 0 Å². The van der Waals surface area contributed by atoms with Crippen LogP contribution in [-0.4, -0.2) is 50.8 Å². The first-order valence-electron chi connectivity index (χ1n) is 12.4. The van der Waals surface area contributed by atoms with Crippen LogP contribution in [0.1, 0.15) is 68.9 Å². The van der Waals surface area contributed by atoms with Crippen LogP contribution in [0.4, 0.5) is 0 Å². The maximum atomic E-state index is 13.4. The van der Waals surface area contributed by atoms with E-state index < -0.39 is 42.7 Å². The van der Waals surface area contributed by atoms with Gasteiger partial charge in [-0.25, -0.2) is 17.3 Å². The lowest BCUT2D eigenvalue weighted by atomic mass is 9.96. The average molecular weight is 570 g/mol. The Morgan fingerprint density at radius 1 is 0.921 bits per heavy atom. The van der Waals surface area contributed by atoms with E-state index in [4.69, 9.17) is 23.0 Å². The molecule has 3 rings (SSSR count). The monoisotopic (exact) mass is 569 g/mol. The van der Waals surface area contributed by atoms with Crippen LogP contribution < -0.4 is 4.74 Å². The zero-order chi connectivity index (χ0) is 28.1. The molecule has 0 fully saturated rings. The predicted molar refractivity (Wildman–Crippen MR) is 141 cm³/mol. The molecular weight excluding hydrogens is 533 g/mol. The molecule has 2 aromatic carbocycles. The van der Waals surface area contributed by atoms with Gasteiger partial charge in [0.05, 0.1) is 31.0 Å². The van der Waals surface area contributed by atoms with Gasteiger partial charge in [0.15, 0.2) is 0 Å². The first-order valence-corrected chi connectivity index (χ1v) is 15.3. The number of fused-ring (bicyclic) bond motifs is 1. The van der Waals surface area contributed by atoms with E-state index in [0.717, 1.165) is 5.56 Å². The summed E-state index contributed by atoms with van der Waals surface area (Å²) in [6, 6.07) is 12.7. The van der Waals surface area contributed by atoms with Crippen molar-refractivity contribution < 1.29 is 40.8 Å². The number of benzene rings is 2. The average Bonchev–Trinajstić information content (AvgIpc) is 3.01. The van der Waals surface area contributed by atoms with E-state index in [-0.39, 0.29) is 29.6 Å². The third-order valence-electron chi connectivity index (χ3n) is 5.36. The third kappa shape index (κ3) is 7.43. The van der Waals surface area contributed by atoms with Crippen LogP contribution in [0.2, 0.25) is 0 Å². The highest BCUT2D eigenvalue weighted by Crippen LogP contribution is 2.52. The minimum absolute atomic E-state index is 0.0423. The number of hydrogen-bond acceptors (Lipinski definition) is 9. The number of carbonyl (C=O) groups excluding carboxylic acids is 1. The van der Waals surface area contributed by atoms with E-state index in [0.29, 0.717) is 22.2 Å². The predicted octanol–water partition coefficient (Wildman–Crippen LogP) is 5.48. The molecule has 210 valence electrons. The van der Waals surface area contributed by atoms with E-state index in [1.807, 2.05) is 44.2 Å². The van der Waals surface area contributed by atoms with E-state index in [1.54, 1.807) is 33.8 Å².